The SMILES string of the molecule is CN=C(NCCN1C(=O)C2C3C=CC(C3)C2C1=O)NCc1ccccc1OCC(C)C. The molecule has 1 aromatic rings. The fraction of sp³-hybridized carbons (Fsp3) is 0.542. The number of guanidine groups is 1. The maximum atomic E-state index is 12.8. The number of hydrogen-bond donors (Lipinski definition) is 2. The van der Waals surface area contributed by atoms with E-state index in [0.717, 1.165) is 17.7 Å². The quantitative estimate of drug-likeness (QED) is 0.289. The minimum absolute atomic E-state index is 0.00664. The van der Waals surface area contributed by atoms with Gasteiger partial charge in [-0.1, -0.05) is 44.2 Å². The number of nitrogens with zero attached hydrogens (tertiary/aromatic N) is 2. The summed E-state index contributed by atoms with van der Waals surface area (Å²) in [5.41, 5.74) is 1.05. The summed E-state index contributed by atoms with van der Waals surface area (Å²) in [6.45, 7) is 6.30. The van der Waals surface area contributed by atoms with Gasteiger partial charge in [-0.25, -0.2) is 0 Å². The molecule has 1 saturated heterocycles. The average molecular weight is 425 g/mol. The lowest BCUT2D eigenvalue weighted by Crippen LogP contribution is -2.43. The van der Waals surface area contributed by atoms with Crippen molar-refractivity contribution in [3.63, 3.8) is 0 Å². The van der Waals surface area contributed by atoms with E-state index in [2.05, 4.69) is 41.6 Å². The number of rotatable bonds is 8. The number of hydrogen-bond acceptors (Lipinski definition) is 4. The molecular weight excluding hydrogens is 392 g/mol. The Morgan fingerprint density at radius 1 is 1.13 bits per heavy atom. The molecule has 1 aliphatic heterocycles. The number of nitrogens with one attached hydrogen (secondary N) is 2. The van der Waals surface area contributed by atoms with E-state index in [0.29, 0.717) is 38.1 Å². The summed E-state index contributed by atoms with van der Waals surface area (Å²) in [5.74, 6) is 2.15. The number of ether oxygens (including phenoxy) is 1. The van der Waals surface area contributed by atoms with Crippen LogP contribution in [-0.4, -0.2) is 49.4 Å². The van der Waals surface area contributed by atoms with Crippen LogP contribution in [0.25, 0.3) is 0 Å². The molecule has 0 spiro atoms. The molecule has 2 bridgehead atoms. The second kappa shape index (κ2) is 9.12. The first-order valence-electron chi connectivity index (χ1n) is 11.2. The first-order chi connectivity index (χ1) is 15.0. The van der Waals surface area contributed by atoms with Crippen LogP contribution < -0.4 is 15.4 Å². The number of aliphatic imine (C=N–C) groups is 1. The van der Waals surface area contributed by atoms with Crippen LogP contribution >= 0.6 is 0 Å². The van der Waals surface area contributed by atoms with Gasteiger partial charge in [-0.3, -0.25) is 19.5 Å². The van der Waals surface area contributed by atoms with Gasteiger partial charge in [0.2, 0.25) is 11.8 Å². The smallest absolute Gasteiger partial charge is 0.233 e. The van der Waals surface area contributed by atoms with Crippen LogP contribution in [0, 0.1) is 29.6 Å². The molecule has 7 heteroatoms. The summed E-state index contributed by atoms with van der Waals surface area (Å²) in [4.78, 5) is 31.2. The van der Waals surface area contributed by atoms with Crippen molar-refractivity contribution in [3.8, 4) is 5.75 Å². The maximum Gasteiger partial charge on any atom is 0.233 e. The summed E-state index contributed by atoms with van der Waals surface area (Å²) in [6.07, 6.45) is 5.19. The van der Waals surface area contributed by atoms with Crippen LogP contribution in [-0.2, 0) is 16.1 Å². The maximum absolute atomic E-state index is 12.8. The largest absolute Gasteiger partial charge is 0.493 e. The van der Waals surface area contributed by atoms with Gasteiger partial charge in [0, 0.05) is 32.2 Å². The van der Waals surface area contributed by atoms with E-state index in [1.165, 1.54) is 4.90 Å². The third-order valence-electron chi connectivity index (χ3n) is 6.40. The van der Waals surface area contributed by atoms with Crippen LogP contribution in [0.15, 0.2) is 41.4 Å². The van der Waals surface area contributed by atoms with Crippen LogP contribution in [0.1, 0.15) is 25.8 Å². The zero-order valence-corrected chi connectivity index (χ0v) is 18.5. The number of likely N-dealkylation sites (tertiary alicyclic amines) is 1. The molecule has 0 aromatic heterocycles. The van der Waals surface area contributed by atoms with Crippen molar-refractivity contribution in [2.45, 2.75) is 26.8 Å². The number of carbonyl (C=O) groups is 2. The number of carbonyl (C=O) groups excluding carboxylic acids is 2. The van der Waals surface area contributed by atoms with Gasteiger partial charge in [-0.2, -0.15) is 0 Å². The highest BCUT2D eigenvalue weighted by Gasteiger charge is 2.58. The Kier molecular flexibility index (Phi) is 6.30. The average Bonchev–Trinajstić information content (AvgIpc) is 3.44. The molecule has 31 heavy (non-hydrogen) atoms. The van der Waals surface area contributed by atoms with Gasteiger partial charge in [-0.05, 0) is 30.2 Å². The van der Waals surface area contributed by atoms with Crippen molar-refractivity contribution in [1.82, 2.24) is 15.5 Å². The topological polar surface area (TPSA) is 83.0 Å². The van der Waals surface area contributed by atoms with Crippen LogP contribution in [0.3, 0.4) is 0 Å². The lowest BCUT2D eigenvalue weighted by Gasteiger charge is -2.19. The zero-order valence-electron chi connectivity index (χ0n) is 18.5. The molecule has 7 nitrogen and oxygen atoms in total. The predicted octanol–water partition coefficient (Wildman–Crippen LogP) is 2.19. The highest BCUT2D eigenvalue weighted by molar-refractivity contribution is 6.06. The van der Waals surface area contributed by atoms with E-state index < -0.39 is 0 Å². The van der Waals surface area contributed by atoms with Gasteiger partial charge in [0.1, 0.15) is 5.75 Å². The van der Waals surface area contributed by atoms with Crippen LogP contribution in [0.5, 0.6) is 5.75 Å². The Morgan fingerprint density at radius 2 is 1.81 bits per heavy atom. The molecule has 2 fully saturated rings. The number of allylic oxidation sites excluding steroid dienone is 2. The van der Waals surface area contributed by atoms with Gasteiger partial charge >= 0.3 is 0 Å². The fourth-order valence-electron chi connectivity index (χ4n) is 4.92. The summed E-state index contributed by atoms with van der Waals surface area (Å²) in [7, 11) is 1.70. The van der Waals surface area contributed by atoms with E-state index in [4.69, 9.17) is 4.74 Å². The third-order valence-corrected chi connectivity index (χ3v) is 6.40. The molecule has 1 heterocycles. The number of amides is 2. The van der Waals surface area contributed by atoms with Gasteiger partial charge in [0.15, 0.2) is 5.96 Å². The van der Waals surface area contributed by atoms with E-state index >= 15 is 0 Å². The number of para-hydroxylation sites is 1. The van der Waals surface area contributed by atoms with Crippen molar-refractivity contribution >= 4 is 17.8 Å². The van der Waals surface area contributed by atoms with Crippen molar-refractivity contribution in [3.05, 3.63) is 42.0 Å². The summed E-state index contributed by atoms with van der Waals surface area (Å²) in [6, 6.07) is 7.95. The Balaban J connectivity index is 1.27. The van der Waals surface area contributed by atoms with E-state index in [1.807, 2.05) is 24.3 Å². The lowest BCUT2D eigenvalue weighted by molar-refractivity contribution is -0.140. The summed E-state index contributed by atoms with van der Waals surface area (Å²) < 4.78 is 5.91. The molecule has 4 rings (SSSR count). The highest BCUT2D eigenvalue weighted by atomic mass is 16.5. The Labute approximate surface area is 183 Å². The summed E-state index contributed by atoms with van der Waals surface area (Å²) in [5, 5.41) is 6.50. The van der Waals surface area contributed by atoms with Gasteiger partial charge in [0.25, 0.3) is 0 Å². The predicted molar refractivity (Wildman–Crippen MR) is 119 cm³/mol. The molecule has 166 valence electrons. The third kappa shape index (κ3) is 4.31. The number of fused-ring (bicyclic) bond motifs is 5. The van der Waals surface area contributed by atoms with Crippen LogP contribution in [0.2, 0.25) is 0 Å². The molecule has 1 saturated carbocycles. The van der Waals surface area contributed by atoms with Crippen molar-refractivity contribution in [2.24, 2.45) is 34.6 Å². The molecule has 0 radical (unpaired) electrons. The monoisotopic (exact) mass is 424 g/mol. The van der Waals surface area contributed by atoms with E-state index in [-0.39, 0.29) is 35.5 Å². The molecule has 1 aromatic carbocycles. The lowest BCUT2D eigenvalue weighted by atomic mass is 9.85. The molecule has 2 aliphatic carbocycles. The van der Waals surface area contributed by atoms with Gasteiger partial charge in [0.05, 0.1) is 18.4 Å². The van der Waals surface area contributed by atoms with E-state index in [9.17, 15) is 9.59 Å². The first kappa shape index (κ1) is 21.4. The Hall–Kier alpha value is -2.83. The van der Waals surface area contributed by atoms with E-state index in [1.54, 1.807) is 7.05 Å². The second-order valence-corrected chi connectivity index (χ2v) is 8.99. The molecule has 4 unspecified atom stereocenters. The minimum atomic E-state index is -0.137. The molecule has 2 N–H and O–H groups in total. The zero-order chi connectivity index (χ0) is 22.0. The number of imide groups is 1. The van der Waals surface area contributed by atoms with Crippen molar-refractivity contribution in [2.75, 3.05) is 26.7 Å². The first-order valence-corrected chi connectivity index (χ1v) is 11.2. The Morgan fingerprint density at radius 3 is 2.45 bits per heavy atom. The molecule has 4 atom stereocenters. The number of benzene rings is 1. The fourth-order valence-corrected chi connectivity index (χ4v) is 4.92. The minimum Gasteiger partial charge on any atom is -0.493 e. The highest BCUT2D eigenvalue weighted by Crippen LogP contribution is 2.52. The standard InChI is InChI=1S/C24H32N4O3/c1-15(2)14-31-19-7-5-4-6-18(19)13-27-24(25-3)26-10-11-28-22(29)20-16-8-9-17(12-16)21(20)23(28)30/h4-9,15-17,20-21H,10-14H2,1-3H3,(H2,25,26,27). The van der Waals surface area contributed by atoms with Gasteiger partial charge in [-0.15, -0.1) is 0 Å². The second-order valence-electron chi connectivity index (χ2n) is 8.99. The van der Waals surface area contributed by atoms with Crippen molar-refractivity contribution in [1.29, 1.82) is 0 Å². The molecule has 2 amide bonds. The van der Waals surface area contributed by atoms with Crippen LogP contribution in [0.4, 0.5) is 0 Å². The molecule has 3 aliphatic rings. The normalized spacial score (nSPS) is 26.7. The Bertz CT molecular complexity index is 865. The van der Waals surface area contributed by atoms with Crippen molar-refractivity contribution < 1.29 is 14.3 Å². The van der Waals surface area contributed by atoms with Gasteiger partial charge < -0.3 is 15.4 Å². The summed E-state index contributed by atoms with van der Waals surface area (Å²) >= 11 is 0. The molecular formula is C24H32N4O3.